The van der Waals surface area contributed by atoms with Crippen molar-refractivity contribution in [2.24, 2.45) is 4.99 Å². The number of amides is 1. The molecule has 2 aromatic heterocycles. The van der Waals surface area contributed by atoms with Gasteiger partial charge in [0.1, 0.15) is 4.88 Å². The molecule has 0 aliphatic carbocycles. The third-order valence-electron chi connectivity index (χ3n) is 3.38. The zero-order valence-electron chi connectivity index (χ0n) is 15.0. The molecule has 25 heavy (non-hydrogen) atoms. The maximum atomic E-state index is 12.0. The second kappa shape index (κ2) is 9.47. The van der Waals surface area contributed by atoms with Gasteiger partial charge < -0.3 is 16.0 Å². The van der Waals surface area contributed by atoms with Gasteiger partial charge >= 0.3 is 0 Å². The van der Waals surface area contributed by atoms with E-state index in [4.69, 9.17) is 0 Å². The van der Waals surface area contributed by atoms with Gasteiger partial charge in [-0.15, -0.1) is 22.7 Å². The Morgan fingerprint density at radius 3 is 2.52 bits per heavy atom. The van der Waals surface area contributed by atoms with E-state index in [1.54, 1.807) is 16.8 Å². The summed E-state index contributed by atoms with van der Waals surface area (Å²) in [6.07, 6.45) is 0. The van der Waals surface area contributed by atoms with Crippen molar-refractivity contribution >= 4 is 34.5 Å². The molecule has 136 valence electrons. The summed E-state index contributed by atoms with van der Waals surface area (Å²) >= 11 is 3.03. The molecule has 7 nitrogen and oxygen atoms in total. The zero-order chi connectivity index (χ0) is 18.2. The van der Waals surface area contributed by atoms with E-state index in [0.717, 1.165) is 28.9 Å². The van der Waals surface area contributed by atoms with Crippen LogP contribution in [0.5, 0.6) is 0 Å². The molecule has 0 aromatic carbocycles. The van der Waals surface area contributed by atoms with Crippen LogP contribution in [0.4, 0.5) is 0 Å². The van der Waals surface area contributed by atoms with Crippen LogP contribution in [0.2, 0.25) is 0 Å². The first-order valence-electron chi connectivity index (χ1n) is 8.14. The van der Waals surface area contributed by atoms with E-state index >= 15 is 0 Å². The second-order valence-corrected chi connectivity index (χ2v) is 7.53. The van der Waals surface area contributed by atoms with Crippen LogP contribution in [0.1, 0.15) is 37.9 Å². The van der Waals surface area contributed by atoms with Gasteiger partial charge in [0.2, 0.25) is 0 Å². The van der Waals surface area contributed by atoms with Gasteiger partial charge in [0, 0.05) is 24.5 Å². The van der Waals surface area contributed by atoms with E-state index in [-0.39, 0.29) is 5.91 Å². The predicted molar refractivity (Wildman–Crippen MR) is 104 cm³/mol. The monoisotopic (exact) mass is 380 g/mol. The highest BCUT2D eigenvalue weighted by Gasteiger charge is 2.10. The van der Waals surface area contributed by atoms with Crippen molar-refractivity contribution in [1.82, 2.24) is 25.9 Å². The molecule has 0 atom stereocenters. The van der Waals surface area contributed by atoms with Crippen molar-refractivity contribution in [2.75, 3.05) is 19.6 Å². The van der Waals surface area contributed by atoms with Crippen LogP contribution in [-0.4, -0.2) is 41.5 Å². The Kier molecular flexibility index (Phi) is 7.32. The van der Waals surface area contributed by atoms with Crippen molar-refractivity contribution < 1.29 is 4.79 Å². The lowest BCUT2D eigenvalue weighted by molar-refractivity contribution is 0.0957. The number of guanidine groups is 1. The minimum Gasteiger partial charge on any atom is -0.357 e. The van der Waals surface area contributed by atoms with Gasteiger partial charge in [-0.3, -0.25) is 4.79 Å². The lowest BCUT2D eigenvalue weighted by Crippen LogP contribution is -2.41. The molecule has 2 rings (SSSR count). The summed E-state index contributed by atoms with van der Waals surface area (Å²) in [5, 5.41) is 10.4. The van der Waals surface area contributed by atoms with E-state index in [1.807, 2.05) is 27.7 Å². The predicted octanol–water partition coefficient (Wildman–Crippen LogP) is 2.01. The van der Waals surface area contributed by atoms with Gasteiger partial charge in [0.15, 0.2) is 5.96 Å². The number of nitrogens with zero attached hydrogens (tertiary/aromatic N) is 3. The summed E-state index contributed by atoms with van der Waals surface area (Å²) < 4.78 is 0. The van der Waals surface area contributed by atoms with Crippen LogP contribution in [0.25, 0.3) is 0 Å². The summed E-state index contributed by atoms with van der Waals surface area (Å²) in [5.41, 5.74) is 3.48. The average molecular weight is 381 g/mol. The molecule has 0 spiro atoms. The van der Waals surface area contributed by atoms with Gasteiger partial charge in [0.25, 0.3) is 5.91 Å². The Morgan fingerprint density at radius 1 is 1.16 bits per heavy atom. The van der Waals surface area contributed by atoms with Crippen molar-refractivity contribution in [3.05, 3.63) is 31.7 Å². The van der Waals surface area contributed by atoms with Gasteiger partial charge in [-0.1, -0.05) is 0 Å². The summed E-state index contributed by atoms with van der Waals surface area (Å²) in [5.74, 6) is 0.649. The largest absolute Gasteiger partial charge is 0.357 e. The maximum Gasteiger partial charge on any atom is 0.263 e. The minimum atomic E-state index is -0.0838. The number of carbonyl (C=O) groups excluding carboxylic acids is 1. The molecule has 0 saturated heterocycles. The van der Waals surface area contributed by atoms with Crippen molar-refractivity contribution in [2.45, 2.75) is 34.2 Å². The van der Waals surface area contributed by atoms with Gasteiger partial charge in [-0.2, -0.15) is 0 Å². The molecule has 0 saturated carbocycles. The fourth-order valence-electron chi connectivity index (χ4n) is 2.17. The Balaban J connectivity index is 1.81. The van der Waals surface area contributed by atoms with Gasteiger partial charge in [-0.05, 0) is 27.7 Å². The van der Waals surface area contributed by atoms with Crippen LogP contribution in [-0.2, 0) is 6.54 Å². The number of aliphatic imine (C=N–C) groups is 1. The smallest absolute Gasteiger partial charge is 0.263 e. The summed E-state index contributed by atoms with van der Waals surface area (Å²) in [6.45, 7) is 10.3. The fraction of sp³-hybridized carbons (Fsp3) is 0.500. The second-order valence-electron chi connectivity index (χ2n) is 5.39. The lowest BCUT2D eigenvalue weighted by Gasteiger charge is -2.11. The lowest BCUT2D eigenvalue weighted by atomic mass is 10.4. The number of aryl methyl sites for hydroxylation is 3. The molecule has 0 unspecified atom stereocenters. The van der Waals surface area contributed by atoms with E-state index in [9.17, 15) is 4.79 Å². The Morgan fingerprint density at radius 2 is 1.92 bits per heavy atom. The first kappa shape index (κ1) is 19.3. The van der Waals surface area contributed by atoms with E-state index in [0.29, 0.717) is 24.5 Å². The first-order valence-corrected chi connectivity index (χ1v) is 9.84. The number of nitrogens with one attached hydrogen (secondary N) is 3. The summed E-state index contributed by atoms with van der Waals surface area (Å²) in [4.78, 5) is 27.0. The van der Waals surface area contributed by atoms with Crippen LogP contribution < -0.4 is 16.0 Å². The minimum absolute atomic E-state index is 0.0838. The maximum absolute atomic E-state index is 12.0. The van der Waals surface area contributed by atoms with Gasteiger partial charge in [-0.25, -0.2) is 15.0 Å². The van der Waals surface area contributed by atoms with Gasteiger partial charge in [0.05, 0.1) is 28.5 Å². The molecule has 9 heteroatoms. The molecule has 2 heterocycles. The first-order chi connectivity index (χ1) is 12.0. The summed E-state index contributed by atoms with van der Waals surface area (Å²) in [6, 6.07) is 0. The fourth-order valence-corrected chi connectivity index (χ4v) is 3.75. The standard InChI is InChI=1S/C16H24N6OS2/c1-5-17-16(20-8-13-10(2)22-12(4)25-13)19-7-6-18-15(23)14-11(3)21-9-24-14/h9H,5-8H2,1-4H3,(H,18,23)(H2,17,19,20). The molecule has 3 N–H and O–H groups in total. The van der Waals surface area contributed by atoms with Crippen LogP contribution in [0, 0.1) is 20.8 Å². The normalized spacial score (nSPS) is 11.4. The van der Waals surface area contributed by atoms with Crippen LogP contribution in [0.3, 0.4) is 0 Å². The number of aromatic nitrogens is 2. The topological polar surface area (TPSA) is 91.3 Å². The zero-order valence-corrected chi connectivity index (χ0v) is 16.6. The molecule has 0 radical (unpaired) electrons. The van der Waals surface area contributed by atoms with E-state index < -0.39 is 0 Å². The number of thiazole rings is 2. The highest BCUT2D eigenvalue weighted by Crippen LogP contribution is 2.17. The van der Waals surface area contributed by atoms with Crippen molar-refractivity contribution in [3.8, 4) is 0 Å². The third-order valence-corrected chi connectivity index (χ3v) is 5.36. The van der Waals surface area contributed by atoms with Crippen molar-refractivity contribution in [1.29, 1.82) is 0 Å². The molecular weight excluding hydrogens is 356 g/mol. The van der Waals surface area contributed by atoms with Crippen molar-refractivity contribution in [3.63, 3.8) is 0 Å². The number of hydrogen-bond acceptors (Lipinski definition) is 6. The van der Waals surface area contributed by atoms with Crippen LogP contribution in [0.15, 0.2) is 10.5 Å². The SMILES string of the molecule is CCNC(=NCc1sc(C)nc1C)NCCNC(=O)c1scnc1C. The molecule has 0 aliphatic heterocycles. The highest BCUT2D eigenvalue weighted by atomic mass is 32.1. The molecule has 0 aliphatic rings. The number of rotatable bonds is 7. The Bertz CT molecular complexity index is 737. The van der Waals surface area contributed by atoms with Crippen LogP contribution >= 0.6 is 22.7 Å². The molecule has 2 aromatic rings. The molecule has 0 bridgehead atoms. The molecule has 0 fully saturated rings. The average Bonchev–Trinajstić information content (AvgIpc) is 3.13. The summed E-state index contributed by atoms with van der Waals surface area (Å²) in [7, 11) is 0. The third kappa shape index (κ3) is 5.79. The Hall–Kier alpha value is -2.00. The quantitative estimate of drug-likeness (QED) is 0.388. The Labute approximate surface area is 156 Å². The van der Waals surface area contributed by atoms with E-state index in [1.165, 1.54) is 16.2 Å². The highest BCUT2D eigenvalue weighted by molar-refractivity contribution is 7.12. The molecule has 1 amide bonds. The molecular formula is C16H24N6OS2. The number of carbonyl (C=O) groups is 1. The number of hydrogen-bond donors (Lipinski definition) is 3. The van der Waals surface area contributed by atoms with E-state index in [2.05, 4.69) is 30.9 Å².